The number of amides is 2. The molecule has 0 saturated heterocycles. The van der Waals surface area contributed by atoms with Crippen LogP contribution in [0.1, 0.15) is 19.5 Å². The van der Waals surface area contributed by atoms with E-state index < -0.39 is 6.04 Å². The van der Waals surface area contributed by atoms with Gasteiger partial charge in [-0.3, -0.25) is 9.59 Å². The Hall–Kier alpha value is -1.90. The normalized spacial score (nSPS) is 11.4. The first-order chi connectivity index (χ1) is 10.4. The number of pyridine rings is 1. The van der Waals surface area contributed by atoms with Gasteiger partial charge in [-0.05, 0) is 18.9 Å². The molecule has 0 aromatic carbocycles. The Kier molecular flexibility index (Phi) is 8.66. The zero-order valence-electron chi connectivity index (χ0n) is 13.5. The molecule has 2 amide bonds. The highest BCUT2D eigenvalue weighted by Crippen LogP contribution is 2.19. The van der Waals surface area contributed by atoms with Gasteiger partial charge in [0.15, 0.2) is 0 Å². The number of nitrogens with two attached hydrogens (primary N) is 1. The fourth-order valence-corrected chi connectivity index (χ4v) is 1.81. The molecule has 1 atom stereocenters. The second-order valence-corrected chi connectivity index (χ2v) is 5.38. The van der Waals surface area contributed by atoms with E-state index in [1.807, 2.05) is 13.8 Å². The van der Waals surface area contributed by atoms with Gasteiger partial charge in [0.25, 0.3) is 5.71 Å². The second kappa shape index (κ2) is 9.41. The van der Waals surface area contributed by atoms with Crippen molar-refractivity contribution in [1.82, 2.24) is 15.5 Å². The van der Waals surface area contributed by atoms with Gasteiger partial charge >= 0.3 is 0 Å². The molecular weight excluding hydrogens is 357 g/mol. The first-order valence-corrected chi connectivity index (χ1v) is 6.93. The van der Waals surface area contributed by atoms with Crippen molar-refractivity contribution in [2.45, 2.75) is 26.8 Å². The number of hydrogen-bond acceptors (Lipinski definition) is 6. The van der Waals surface area contributed by atoms with Crippen LogP contribution in [0.4, 0.5) is 5.69 Å². The summed E-state index contributed by atoms with van der Waals surface area (Å²) in [6.07, 6.45) is 1.46. The molecule has 0 radical (unpaired) electrons. The Balaban J connectivity index is 0.00000264. The van der Waals surface area contributed by atoms with Crippen LogP contribution in [0.5, 0.6) is 0 Å². The van der Waals surface area contributed by atoms with Crippen LogP contribution in [0.2, 0.25) is 0 Å². The molecule has 2 aromatic rings. The Bertz CT molecular complexity index is 705. The van der Waals surface area contributed by atoms with E-state index in [-0.39, 0.29) is 49.1 Å². The van der Waals surface area contributed by atoms with Gasteiger partial charge in [-0.25, -0.2) is 4.98 Å². The molecule has 0 bridgehead atoms. The number of nitrogens with one attached hydrogen (secondary N) is 2. The molecule has 2 aromatic heterocycles. The van der Waals surface area contributed by atoms with Gasteiger partial charge in [-0.1, -0.05) is 19.0 Å². The van der Waals surface area contributed by atoms with E-state index in [0.29, 0.717) is 17.1 Å². The zero-order valence-corrected chi connectivity index (χ0v) is 15.2. The van der Waals surface area contributed by atoms with Crippen molar-refractivity contribution in [2.24, 2.45) is 11.7 Å². The average molecular weight is 378 g/mol. The Morgan fingerprint density at radius 2 is 2.00 bits per heavy atom. The summed E-state index contributed by atoms with van der Waals surface area (Å²) in [4.78, 5) is 27.6. The largest absolute Gasteiger partial charge is 0.346 e. The van der Waals surface area contributed by atoms with Crippen LogP contribution in [-0.2, 0) is 9.59 Å². The number of aryl methyl sites for hydroxylation is 1. The van der Waals surface area contributed by atoms with Gasteiger partial charge in [0.1, 0.15) is 0 Å². The molecule has 2 heterocycles. The molecule has 8 nitrogen and oxygen atoms in total. The predicted molar refractivity (Wildman–Crippen MR) is 95.5 cm³/mol. The molecule has 10 heteroatoms. The molecule has 0 aliphatic carbocycles. The van der Waals surface area contributed by atoms with Crippen LogP contribution in [-0.4, -0.2) is 34.5 Å². The van der Waals surface area contributed by atoms with E-state index in [1.54, 1.807) is 13.0 Å². The smallest absolute Gasteiger partial charge is 0.258 e. The molecule has 0 spiro atoms. The number of rotatable bonds is 5. The third-order valence-corrected chi connectivity index (χ3v) is 3.24. The molecule has 0 fully saturated rings. The number of anilines is 1. The van der Waals surface area contributed by atoms with Crippen LogP contribution < -0.4 is 16.4 Å². The first-order valence-electron chi connectivity index (χ1n) is 6.93. The lowest BCUT2D eigenvalue weighted by Gasteiger charge is -2.15. The standard InChI is InChI=1S/C14H19N5O3.2ClH/c1-7(2)12(15)13(21)16-6-11(20)18-9-4-10-8(3)19-22-14(10)17-5-9;;/h4-5,7,12H,6,15H2,1-3H3,(H,16,21)(H,18,20);2*1H/t12-;;/m0../s1. The Morgan fingerprint density at radius 1 is 1.33 bits per heavy atom. The molecule has 4 N–H and O–H groups in total. The SMILES string of the molecule is Cc1noc2ncc(NC(=O)CNC(=O)[C@@H](N)C(C)C)cc12.Cl.Cl. The highest BCUT2D eigenvalue weighted by Gasteiger charge is 2.17. The van der Waals surface area contributed by atoms with E-state index in [1.165, 1.54) is 6.20 Å². The minimum Gasteiger partial charge on any atom is -0.346 e. The lowest BCUT2D eigenvalue weighted by molar-refractivity contribution is -0.125. The molecule has 24 heavy (non-hydrogen) atoms. The third kappa shape index (κ3) is 5.33. The maximum Gasteiger partial charge on any atom is 0.258 e. The quantitative estimate of drug-likeness (QED) is 0.723. The summed E-state index contributed by atoms with van der Waals surface area (Å²) in [6.45, 7) is 5.31. The molecule has 2 rings (SSSR count). The molecule has 0 unspecified atom stereocenters. The van der Waals surface area contributed by atoms with E-state index in [4.69, 9.17) is 10.3 Å². The second-order valence-electron chi connectivity index (χ2n) is 5.38. The minimum atomic E-state index is -0.634. The molecule has 0 aliphatic heterocycles. The van der Waals surface area contributed by atoms with Crippen molar-refractivity contribution in [3.63, 3.8) is 0 Å². The molecule has 0 aliphatic rings. The van der Waals surface area contributed by atoms with Crippen molar-refractivity contribution in [1.29, 1.82) is 0 Å². The van der Waals surface area contributed by atoms with Gasteiger partial charge in [0, 0.05) is 0 Å². The van der Waals surface area contributed by atoms with Crippen molar-refractivity contribution < 1.29 is 14.1 Å². The summed E-state index contributed by atoms with van der Waals surface area (Å²) >= 11 is 0. The number of aromatic nitrogens is 2. The molecule has 0 saturated carbocycles. The van der Waals surface area contributed by atoms with Crippen molar-refractivity contribution in [2.75, 3.05) is 11.9 Å². The Morgan fingerprint density at radius 3 is 2.62 bits per heavy atom. The average Bonchev–Trinajstić information content (AvgIpc) is 2.85. The van der Waals surface area contributed by atoms with Crippen LogP contribution >= 0.6 is 24.8 Å². The van der Waals surface area contributed by atoms with Crippen molar-refractivity contribution in [3.8, 4) is 0 Å². The van der Waals surface area contributed by atoms with Gasteiger partial charge in [-0.2, -0.15) is 0 Å². The van der Waals surface area contributed by atoms with E-state index in [0.717, 1.165) is 5.39 Å². The fraction of sp³-hybridized carbons (Fsp3) is 0.429. The van der Waals surface area contributed by atoms with Crippen LogP contribution in [0.15, 0.2) is 16.8 Å². The van der Waals surface area contributed by atoms with Crippen LogP contribution in [0.3, 0.4) is 0 Å². The maximum absolute atomic E-state index is 11.8. The lowest BCUT2D eigenvalue weighted by Crippen LogP contribution is -2.46. The first kappa shape index (κ1) is 22.1. The highest BCUT2D eigenvalue weighted by atomic mass is 35.5. The number of carbonyl (C=O) groups excluding carboxylic acids is 2. The maximum atomic E-state index is 11.8. The van der Waals surface area contributed by atoms with Crippen LogP contribution in [0, 0.1) is 12.8 Å². The number of hydrogen-bond donors (Lipinski definition) is 3. The van der Waals surface area contributed by atoms with E-state index in [2.05, 4.69) is 20.8 Å². The number of carbonyl (C=O) groups is 2. The monoisotopic (exact) mass is 377 g/mol. The van der Waals surface area contributed by atoms with E-state index in [9.17, 15) is 9.59 Å². The molecule has 134 valence electrons. The highest BCUT2D eigenvalue weighted by molar-refractivity contribution is 5.96. The minimum absolute atomic E-state index is 0. The zero-order chi connectivity index (χ0) is 16.3. The topological polar surface area (TPSA) is 123 Å². The van der Waals surface area contributed by atoms with Crippen molar-refractivity contribution in [3.05, 3.63) is 18.0 Å². The van der Waals surface area contributed by atoms with Gasteiger partial charge in [0.05, 0.1) is 35.6 Å². The fourth-order valence-electron chi connectivity index (χ4n) is 1.81. The Labute approximate surface area is 151 Å². The summed E-state index contributed by atoms with van der Waals surface area (Å²) < 4.78 is 4.99. The number of nitrogens with zero attached hydrogens (tertiary/aromatic N) is 2. The number of fused-ring (bicyclic) bond motifs is 1. The summed E-state index contributed by atoms with van der Waals surface area (Å²) in [7, 11) is 0. The number of halogens is 2. The summed E-state index contributed by atoms with van der Waals surface area (Å²) in [5.41, 5.74) is 7.30. The third-order valence-electron chi connectivity index (χ3n) is 3.24. The van der Waals surface area contributed by atoms with Gasteiger partial charge in [0.2, 0.25) is 11.8 Å². The van der Waals surface area contributed by atoms with Gasteiger partial charge < -0.3 is 20.9 Å². The summed E-state index contributed by atoms with van der Waals surface area (Å²) in [5.74, 6) is -0.709. The van der Waals surface area contributed by atoms with E-state index >= 15 is 0 Å². The van der Waals surface area contributed by atoms with Crippen LogP contribution in [0.25, 0.3) is 11.1 Å². The summed E-state index contributed by atoms with van der Waals surface area (Å²) in [6, 6.07) is 1.08. The van der Waals surface area contributed by atoms with Crippen molar-refractivity contribution >= 4 is 53.4 Å². The lowest BCUT2D eigenvalue weighted by atomic mass is 10.1. The molecular formula is C14H21Cl2N5O3. The summed E-state index contributed by atoms with van der Waals surface area (Å²) in [5, 5.41) is 9.66. The van der Waals surface area contributed by atoms with Gasteiger partial charge in [-0.15, -0.1) is 24.8 Å². The predicted octanol–water partition coefficient (Wildman–Crippen LogP) is 1.41.